The van der Waals surface area contributed by atoms with E-state index in [1.165, 1.54) is 0 Å². The van der Waals surface area contributed by atoms with Gasteiger partial charge in [-0.2, -0.15) is 0 Å². The molecule has 0 aliphatic rings. The molecule has 2 N–H and O–H groups in total. The van der Waals surface area contributed by atoms with Crippen LogP contribution in [-0.2, 0) is 6.42 Å². The van der Waals surface area contributed by atoms with Gasteiger partial charge < -0.3 is 10.2 Å². The molecule has 0 saturated heterocycles. The lowest BCUT2D eigenvalue weighted by Gasteiger charge is -2.15. The molecule has 2 nitrogen and oxygen atoms in total. The number of hydrogen-bond acceptors (Lipinski definition) is 2. The second-order valence-corrected chi connectivity index (χ2v) is 4.81. The summed E-state index contributed by atoms with van der Waals surface area (Å²) < 4.78 is 0. The van der Waals surface area contributed by atoms with Gasteiger partial charge in [-0.15, -0.1) is 0 Å². The number of rotatable bonds is 3. The molecule has 18 heavy (non-hydrogen) atoms. The van der Waals surface area contributed by atoms with Crippen LogP contribution in [0, 0.1) is 0 Å². The molecule has 0 amide bonds. The molecule has 0 aromatic heterocycles. The van der Waals surface area contributed by atoms with E-state index >= 15 is 0 Å². The van der Waals surface area contributed by atoms with Crippen LogP contribution in [0.4, 0.5) is 0 Å². The molecule has 0 fully saturated rings. The predicted octanol–water partition coefficient (Wildman–Crippen LogP) is 3.81. The van der Waals surface area contributed by atoms with Crippen molar-refractivity contribution in [3.8, 4) is 11.5 Å². The number of benzene rings is 2. The monoisotopic (exact) mass is 242 g/mol. The van der Waals surface area contributed by atoms with Gasteiger partial charge in [0.1, 0.15) is 11.5 Å². The molecule has 94 valence electrons. The molecule has 0 saturated carbocycles. The van der Waals surface area contributed by atoms with Gasteiger partial charge in [-0.1, -0.05) is 44.2 Å². The summed E-state index contributed by atoms with van der Waals surface area (Å²) in [6.45, 7) is 4.20. The van der Waals surface area contributed by atoms with Crippen molar-refractivity contribution in [3.63, 3.8) is 0 Å². The molecule has 0 unspecified atom stereocenters. The van der Waals surface area contributed by atoms with Gasteiger partial charge in [-0.05, 0) is 29.2 Å². The van der Waals surface area contributed by atoms with Crippen LogP contribution in [0.5, 0.6) is 11.5 Å². The van der Waals surface area contributed by atoms with E-state index in [4.69, 9.17) is 0 Å². The lowest BCUT2D eigenvalue weighted by molar-refractivity contribution is 0.461. The van der Waals surface area contributed by atoms with E-state index in [2.05, 4.69) is 13.8 Å². The van der Waals surface area contributed by atoms with Gasteiger partial charge in [0, 0.05) is 12.0 Å². The van der Waals surface area contributed by atoms with Crippen molar-refractivity contribution in [1.29, 1.82) is 0 Å². The molecule has 0 radical (unpaired) electrons. The van der Waals surface area contributed by atoms with Gasteiger partial charge in [0.15, 0.2) is 0 Å². The smallest absolute Gasteiger partial charge is 0.119 e. The van der Waals surface area contributed by atoms with Gasteiger partial charge in [-0.25, -0.2) is 0 Å². The molecule has 0 atom stereocenters. The van der Waals surface area contributed by atoms with E-state index in [1.807, 2.05) is 24.3 Å². The lowest BCUT2D eigenvalue weighted by atomic mass is 9.92. The second kappa shape index (κ2) is 5.13. The van der Waals surface area contributed by atoms with Gasteiger partial charge in [0.05, 0.1) is 0 Å². The van der Waals surface area contributed by atoms with Crippen molar-refractivity contribution in [1.82, 2.24) is 0 Å². The Hall–Kier alpha value is -1.96. The van der Waals surface area contributed by atoms with Crippen LogP contribution in [0.15, 0.2) is 42.5 Å². The van der Waals surface area contributed by atoms with E-state index in [0.717, 1.165) is 16.7 Å². The van der Waals surface area contributed by atoms with Gasteiger partial charge in [-0.3, -0.25) is 0 Å². The maximum Gasteiger partial charge on any atom is 0.119 e. The first-order valence-corrected chi connectivity index (χ1v) is 6.17. The van der Waals surface area contributed by atoms with Crippen LogP contribution in [0.25, 0.3) is 0 Å². The minimum absolute atomic E-state index is 0.274. The molecule has 2 aromatic rings. The molecule has 0 spiro atoms. The van der Waals surface area contributed by atoms with Crippen LogP contribution in [0.2, 0.25) is 0 Å². The van der Waals surface area contributed by atoms with E-state index in [1.54, 1.807) is 18.2 Å². The van der Waals surface area contributed by atoms with Gasteiger partial charge in [0.25, 0.3) is 0 Å². The average molecular weight is 242 g/mol. The van der Waals surface area contributed by atoms with Crippen molar-refractivity contribution < 1.29 is 10.2 Å². The summed E-state index contributed by atoms with van der Waals surface area (Å²) >= 11 is 0. The first-order valence-electron chi connectivity index (χ1n) is 6.17. The summed E-state index contributed by atoms with van der Waals surface area (Å²) in [7, 11) is 0. The quantitative estimate of drug-likeness (QED) is 0.859. The molecule has 2 rings (SSSR count). The van der Waals surface area contributed by atoms with Crippen LogP contribution < -0.4 is 0 Å². The summed E-state index contributed by atoms with van der Waals surface area (Å²) in [5.41, 5.74) is 2.85. The van der Waals surface area contributed by atoms with Crippen molar-refractivity contribution >= 4 is 0 Å². The van der Waals surface area contributed by atoms with Gasteiger partial charge in [0.2, 0.25) is 0 Å². The third kappa shape index (κ3) is 2.48. The van der Waals surface area contributed by atoms with Crippen LogP contribution in [0.1, 0.15) is 36.5 Å². The third-order valence-electron chi connectivity index (χ3n) is 3.17. The highest BCUT2D eigenvalue weighted by Crippen LogP contribution is 2.31. The molecule has 2 aromatic carbocycles. The van der Waals surface area contributed by atoms with E-state index in [0.29, 0.717) is 18.1 Å². The summed E-state index contributed by atoms with van der Waals surface area (Å²) in [5, 5.41) is 19.8. The van der Waals surface area contributed by atoms with Crippen LogP contribution >= 0.6 is 0 Å². The average Bonchev–Trinajstić information content (AvgIpc) is 2.34. The zero-order chi connectivity index (χ0) is 13.1. The fourth-order valence-electron chi connectivity index (χ4n) is 2.18. The molecule has 0 aliphatic heterocycles. The Bertz CT molecular complexity index is 545. The Kier molecular flexibility index (Phi) is 3.56. The predicted molar refractivity (Wildman–Crippen MR) is 73.1 cm³/mol. The first-order chi connectivity index (χ1) is 8.59. The molecular weight excluding hydrogens is 224 g/mol. The fourth-order valence-corrected chi connectivity index (χ4v) is 2.18. The summed E-state index contributed by atoms with van der Waals surface area (Å²) in [6, 6.07) is 12.8. The molecule has 0 heterocycles. The normalized spacial score (nSPS) is 10.8. The van der Waals surface area contributed by atoms with Crippen molar-refractivity contribution in [2.24, 2.45) is 0 Å². The van der Waals surface area contributed by atoms with Crippen LogP contribution in [-0.4, -0.2) is 10.2 Å². The number of phenols is 2. The zero-order valence-electron chi connectivity index (χ0n) is 10.7. The summed E-state index contributed by atoms with van der Waals surface area (Å²) in [4.78, 5) is 0. The second-order valence-electron chi connectivity index (χ2n) is 4.81. The van der Waals surface area contributed by atoms with E-state index in [-0.39, 0.29) is 5.75 Å². The minimum atomic E-state index is 0.274. The topological polar surface area (TPSA) is 40.5 Å². The zero-order valence-corrected chi connectivity index (χ0v) is 10.7. The molecule has 0 aliphatic carbocycles. The largest absolute Gasteiger partial charge is 0.508 e. The van der Waals surface area contributed by atoms with E-state index < -0.39 is 0 Å². The Balaban J connectivity index is 2.43. The fraction of sp³-hybridized carbons (Fsp3) is 0.250. The Morgan fingerprint density at radius 2 is 1.56 bits per heavy atom. The number of phenolic OH excluding ortho intramolecular Hbond substituents is 2. The number of hydrogen-bond donors (Lipinski definition) is 2. The third-order valence-corrected chi connectivity index (χ3v) is 3.17. The van der Waals surface area contributed by atoms with Crippen molar-refractivity contribution in [2.75, 3.05) is 0 Å². The Morgan fingerprint density at radius 1 is 0.889 bits per heavy atom. The summed E-state index contributed by atoms with van der Waals surface area (Å²) in [5.74, 6) is 0.915. The maximum atomic E-state index is 10.0. The SMILES string of the molecule is CC(C)c1cccc(O)c1Cc1ccccc1O. The number of para-hydroxylation sites is 1. The molecule has 0 bridgehead atoms. The molecular formula is C16H18O2. The number of aromatic hydroxyl groups is 2. The highest BCUT2D eigenvalue weighted by Gasteiger charge is 2.12. The Morgan fingerprint density at radius 3 is 2.22 bits per heavy atom. The highest BCUT2D eigenvalue weighted by molar-refractivity contribution is 5.46. The van der Waals surface area contributed by atoms with Crippen LogP contribution in [0.3, 0.4) is 0 Å². The molecule has 2 heteroatoms. The Labute approximate surface area is 108 Å². The highest BCUT2D eigenvalue weighted by atomic mass is 16.3. The van der Waals surface area contributed by atoms with Crippen molar-refractivity contribution in [2.45, 2.75) is 26.2 Å². The van der Waals surface area contributed by atoms with E-state index in [9.17, 15) is 10.2 Å². The maximum absolute atomic E-state index is 10.0. The minimum Gasteiger partial charge on any atom is -0.508 e. The first kappa shape index (κ1) is 12.5. The van der Waals surface area contributed by atoms with Gasteiger partial charge >= 0.3 is 0 Å². The lowest BCUT2D eigenvalue weighted by Crippen LogP contribution is -1.98. The van der Waals surface area contributed by atoms with Crippen molar-refractivity contribution in [3.05, 3.63) is 59.2 Å². The summed E-state index contributed by atoms with van der Waals surface area (Å²) in [6.07, 6.45) is 0.548. The standard InChI is InChI=1S/C16H18O2/c1-11(2)13-7-5-9-16(18)14(13)10-12-6-3-4-8-15(12)17/h3-9,11,17-18H,10H2,1-2H3.